The number of carbonyl (C=O) groups excluding carboxylic acids is 2. The number of halogens is 1. The Bertz CT molecular complexity index is 213. The van der Waals surface area contributed by atoms with Crippen LogP contribution in [-0.4, -0.2) is 44.8 Å². The summed E-state index contributed by atoms with van der Waals surface area (Å²) in [6, 6.07) is -0.545. The largest absolute Gasteiger partial charge is 0.468 e. The molecule has 88 valence electrons. The van der Waals surface area contributed by atoms with Crippen LogP contribution in [0.1, 0.15) is 6.92 Å². The number of hydrogen-bond donors (Lipinski definition) is 2. The number of carbonyl (C=O) groups is 2. The summed E-state index contributed by atoms with van der Waals surface area (Å²) >= 11 is 1.91. The van der Waals surface area contributed by atoms with E-state index in [0.29, 0.717) is 13.2 Å². The number of hydrogen-bond acceptors (Lipinski definition) is 6. The second kappa shape index (κ2) is 8.86. The van der Waals surface area contributed by atoms with Crippen molar-refractivity contribution in [1.29, 1.82) is 0 Å². The van der Waals surface area contributed by atoms with Crippen molar-refractivity contribution in [3.05, 3.63) is 0 Å². The number of methoxy groups -OCH3 is 1. The third-order valence-electron chi connectivity index (χ3n) is 1.57. The standard InChI is InChI=1S/C8H15IN2O4/c1-3-15-7(12)5-10-6(4-11-9)8(13)14-2/h6,10-11H,3-5H2,1-2H3/t6-/m1/s1. The van der Waals surface area contributed by atoms with Crippen LogP contribution < -0.4 is 8.85 Å². The average Bonchev–Trinajstić information content (AvgIpc) is 2.23. The van der Waals surface area contributed by atoms with Gasteiger partial charge in [0, 0.05) is 29.4 Å². The van der Waals surface area contributed by atoms with Crippen LogP contribution in [0.4, 0.5) is 0 Å². The molecule has 0 saturated carbocycles. The van der Waals surface area contributed by atoms with Gasteiger partial charge in [-0.1, -0.05) is 0 Å². The molecule has 15 heavy (non-hydrogen) atoms. The predicted molar refractivity (Wildman–Crippen MR) is 62.5 cm³/mol. The van der Waals surface area contributed by atoms with Crippen LogP contribution in [0, 0.1) is 0 Å². The van der Waals surface area contributed by atoms with Crippen molar-refractivity contribution in [2.45, 2.75) is 13.0 Å². The van der Waals surface area contributed by atoms with Crippen LogP contribution in [-0.2, 0) is 19.1 Å². The molecule has 1 atom stereocenters. The van der Waals surface area contributed by atoms with Crippen molar-refractivity contribution < 1.29 is 19.1 Å². The molecule has 0 amide bonds. The molecule has 0 spiro atoms. The normalized spacial score (nSPS) is 11.9. The van der Waals surface area contributed by atoms with Crippen LogP contribution in [0.25, 0.3) is 0 Å². The van der Waals surface area contributed by atoms with Gasteiger partial charge in [0.2, 0.25) is 0 Å². The van der Waals surface area contributed by atoms with Gasteiger partial charge >= 0.3 is 11.9 Å². The molecule has 0 heterocycles. The minimum Gasteiger partial charge on any atom is -0.468 e. The number of esters is 2. The molecule has 0 aromatic carbocycles. The van der Waals surface area contributed by atoms with E-state index in [1.165, 1.54) is 7.11 Å². The van der Waals surface area contributed by atoms with Crippen LogP contribution in [0.5, 0.6) is 0 Å². The second-order valence-corrected chi connectivity index (χ2v) is 3.36. The van der Waals surface area contributed by atoms with E-state index in [1.54, 1.807) is 6.92 Å². The predicted octanol–water partition coefficient (Wildman–Crippen LogP) is -0.380. The first kappa shape index (κ1) is 14.6. The maximum Gasteiger partial charge on any atom is 0.324 e. The highest BCUT2D eigenvalue weighted by atomic mass is 127. The van der Waals surface area contributed by atoms with E-state index in [1.807, 2.05) is 22.9 Å². The van der Waals surface area contributed by atoms with E-state index >= 15 is 0 Å². The van der Waals surface area contributed by atoms with Gasteiger partial charge in [0.25, 0.3) is 0 Å². The lowest BCUT2D eigenvalue weighted by atomic mass is 10.3. The van der Waals surface area contributed by atoms with Crippen molar-refractivity contribution >= 4 is 34.8 Å². The topological polar surface area (TPSA) is 76.7 Å². The lowest BCUT2D eigenvalue weighted by Gasteiger charge is -2.14. The highest BCUT2D eigenvalue weighted by Gasteiger charge is 2.18. The molecular weight excluding hydrogens is 315 g/mol. The van der Waals surface area contributed by atoms with Gasteiger partial charge in [-0.3, -0.25) is 18.4 Å². The van der Waals surface area contributed by atoms with E-state index in [4.69, 9.17) is 4.74 Å². The Hall–Kier alpha value is -0.410. The van der Waals surface area contributed by atoms with Crippen LogP contribution in [0.15, 0.2) is 0 Å². The molecule has 0 saturated heterocycles. The number of ether oxygens (including phenoxy) is 2. The van der Waals surface area contributed by atoms with Crippen molar-refractivity contribution in [3.63, 3.8) is 0 Å². The summed E-state index contributed by atoms with van der Waals surface area (Å²) in [7, 11) is 1.30. The Labute approximate surface area is 103 Å². The Morgan fingerprint density at radius 3 is 2.60 bits per heavy atom. The third kappa shape index (κ3) is 6.63. The minimum absolute atomic E-state index is 0.00801. The molecule has 0 rings (SSSR count). The minimum atomic E-state index is -0.545. The summed E-state index contributed by atoms with van der Waals surface area (Å²) in [6.45, 7) is 2.43. The van der Waals surface area contributed by atoms with Gasteiger partial charge in [-0.25, -0.2) is 0 Å². The molecular formula is C8H15IN2O4. The maximum atomic E-state index is 11.2. The van der Waals surface area contributed by atoms with Crippen molar-refractivity contribution in [2.24, 2.45) is 0 Å². The molecule has 0 aliphatic carbocycles. The lowest BCUT2D eigenvalue weighted by molar-refractivity contribution is -0.144. The number of rotatable bonds is 7. The molecule has 0 aromatic rings. The molecule has 0 unspecified atom stereocenters. The first-order valence-corrected chi connectivity index (χ1v) is 5.53. The lowest BCUT2D eigenvalue weighted by Crippen LogP contribution is -2.45. The smallest absolute Gasteiger partial charge is 0.324 e. The molecule has 0 fully saturated rings. The van der Waals surface area contributed by atoms with Gasteiger partial charge in [0.1, 0.15) is 6.04 Å². The van der Waals surface area contributed by atoms with E-state index in [9.17, 15) is 9.59 Å². The highest BCUT2D eigenvalue weighted by Crippen LogP contribution is 1.88. The zero-order valence-electron chi connectivity index (χ0n) is 8.71. The summed E-state index contributed by atoms with van der Waals surface area (Å²) in [5, 5.41) is 2.74. The van der Waals surface area contributed by atoms with Crippen LogP contribution in [0.2, 0.25) is 0 Å². The summed E-state index contributed by atoms with van der Waals surface area (Å²) in [6.07, 6.45) is 0. The Balaban J connectivity index is 3.95. The fraction of sp³-hybridized carbons (Fsp3) is 0.750. The van der Waals surface area contributed by atoms with Gasteiger partial charge in [0.05, 0.1) is 20.3 Å². The van der Waals surface area contributed by atoms with E-state index in [0.717, 1.165) is 0 Å². The molecule has 2 N–H and O–H groups in total. The van der Waals surface area contributed by atoms with Crippen LogP contribution >= 0.6 is 22.9 Å². The first-order valence-electron chi connectivity index (χ1n) is 4.46. The van der Waals surface area contributed by atoms with Gasteiger partial charge in [-0.2, -0.15) is 0 Å². The fourth-order valence-electron chi connectivity index (χ4n) is 0.877. The molecule has 7 heteroatoms. The molecule has 0 aliphatic rings. The van der Waals surface area contributed by atoms with Gasteiger partial charge < -0.3 is 9.47 Å². The summed E-state index contributed by atoms with van der Waals surface area (Å²) in [4.78, 5) is 22.2. The fourth-order valence-corrected chi connectivity index (χ4v) is 1.32. The second-order valence-electron chi connectivity index (χ2n) is 2.60. The van der Waals surface area contributed by atoms with Crippen molar-refractivity contribution in [3.8, 4) is 0 Å². The zero-order valence-corrected chi connectivity index (χ0v) is 10.9. The Morgan fingerprint density at radius 2 is 2.13 bits per heavy atom. The summed E-state index contributed by atoms with van der Waals surface area (Å²) in [5.74, 6) is -0.802. The third-order valence-corrected chi connectivity index (χ3v) is 2.01. The van der Waals surface area contributed by atoms with E-state index in [-0.39, 0.29) is 12.5 Å². The molecule has 0 radical (unpaired) electrons. The van der Waals surface area contributed by atoms with Crippen LogP contribution in [0.3, 0.4) is 0 Å². The van der Waals surface area contributed by atoms with Crippen molar-refractivity contribution in [1.82, 2.24) is 8.85 Å². The summed E-state index contributed by atoms with van der Waals surface area (Å²) < 4.78 is 12.1. The SMILES string of the molecule is CCOC(=O)CN[C@H](CNI)C(=O)OC. The molecule has 0 aromatic heterocycles. The van der Waals surface area contributed by atoms with E-state index < -0.39 is 12.0 Å². The molecule has 6 nitrogen and oxygen atoms in total. The summed E-state index contributed by atoms with van der Waals surface area (Å²) in [5.41, 5.74) is 0. The van der Waals surface area contributed by atoms with E-state index in [2.05, 4.69) is 13.6 Å². The Kier molecular flexibility index (Phi) is 8.62. The molecule has 0 aliphatic heterocycles. The Morgan fingerprint density at radius 1 is 1.47 bits per heavy atom. The van der Waals surface area contributed by atoms with Crippen molar-refractivity contribution in [2.75, 3.05) is 26.8 Å². The van der Waals surface area contributed by atoms with Gasteiger partial charge in [0.15, 0.2) is 0 Å². The quantitative estimate of drug-likeness (QED) is 0.377. The average molecular weight is 330 g/mol. The maximum absolute atomic E-state index is 11.2. The first-order chi connectivity index (χ1) is 7.15. The zero-order chi connectivity index (χ0) is 11.7. The van der Waals surface area contributed by atoms with Gasteiger partial charge in [-0.15, -0.1) is 0 Å². The van der Waals surface area contributed by atoms with Gasteiger partial charge in [-0.05, 0) is 6.92 Å². The monoisotopic (exact) mass is 330 g/mol. The number of nitrogens with one attached hydrogen (secondary N) is 2. The molecule has 0 bridgehead atoms. The highest BCUT2D eigenvalue weighted by molar-refractivity contribution is 14.1.